The second-order valence-electron chi connectivity index (χ2n) is 3.39. The topological polar surface area (TPSA) is 86.2 Å². The predicted molar refractivity (Wildman–Crippen MR) is 48.4 cm³/mol. The maximum Gasteiger partial charge on any atom is 0.150 e. The van der Waals surface area contributed by atoms with Crippen LogP contribution in [0.3, 0.4) is 0 Å². The summed E-state index contributed by atoms with van der Waals surface area (Å²) < 4.78 is 22.2. The van der Waals surface area contributed by atoms with Crippen LogP contribution < -0.4 is 11.5 Å². The lowest BCUT2D eigenvalue weighted by molar-refractivity contribution is 0.382. The van der Waals surface area contributed by atoms with Crippen LogP contribution >= 0.6 is 0 Å². The molecule has 0 aliphatic carbocycles. The van der Waals surface area contributed by atoms with E-state index in [4.69, 9.17) is 11.5 Å². The number of hydrogen-bond acceptors (Lipinski definition) is 4. The molecule has 1 aliphatic heterocycles. The molecule has 0 aromatic rings. The third-order valence-electron chi connectivity index (χ3n) is 2.54. The van der Waals surface area contributed by atoms with Gasteiger partial charge in [0.15, 0.2) is 9.84 Å². The minimum Gasteiger partial charge on any atom is -0.330 e. The molecule has 72 valence electrons. The predicted octanol–water partition coefficient (Wildman–Crippen LogP) is -1.05. The molecule has 0 spiro atoms. The Labute approximate surface area is 73.2 Å². The number of rotatable bonds is 3. The van der Waals surface area contributed by atoms with Crippen molar-refractivity contribution < 1.29 is 8.42 Å². The Morgan fingerprint density at radius 2 is 1.92 bits per heavy atom. The van der Waals surface area contributed by atoms with E-state index in [1.54, 1.807) is 0 Å². The van der Waals surface area contributed by atoms with Crippen LogP contribution in [0.2, 0.25) is 0 Å². The molecule has 0 saturated carbocycles. The van der Waals surface area contributed by atoms with E-state index >= 15 is 0 Å². The molecule has 12 heavy (non-hydrogen) atoms. The molecule has 4 nitrogen and oxygen atoms in total. The van der Waals surface area contributed by atoms with E-state index in [2.05, 4.69) is 0 Å². The van der Waals surface area contributed by atoms with Gasteiger partial charge in [-0.15, -0.1) is 0 Å². The van der Waals surface area contributed by atoms with Gasteiger partial charge >= 0.3 is 0 Å². The van der Waals surface area contributed by atoms with E-state index in [9.17, 15) is 8.42 Å². The van der Waals surface area contributed by atoms with Gasteiger partial charge in [-0.3, -0.25) is 0 Å². The molecule has 1 heterocycles. The summed E-state index contributed by atoms with van der Waals surface area (Å²) in [5.74, 6) is 0.979. The van der Waals surface area contributed by atoms with Gasteiger partial charge in [-0.25, -0.2) is 8.42 Å². The highest BCUT2D eigenvalue weighted by atomic mass is 32.2. The Balaban J connectivity index is 2.56. The van der Waals surface area contributed by atoms with E-state index < -0.39 is 9.84 Å². The van der Waals surface area contributed by atoms with Crippen LogP contribution in [-0.4, -0.2) is 33.0 Å². The largest absolute Gasteiger partial charge is 0.330 e. The molecule has 0 radical (unpaired) electrons. The molecule has 5 heteroatoms. The molecule has 1 fully saturated rings. The van der Waals surface area contributed by atoms with Gasteiger partial charge in [-0.05, 0) is 31.3 Å². The van der Waals surface area contributed by atoms with Crippen LogP contribution in [0.5, 0.6) is 0 Å². The Kier molecular flexibility index (Phi) is 3.09. The van der Waals surface area contributed by atoms with Gasteiger partial charge in [-0.1, -0.05) is 0 Å². The van der Waals surface area contributed by atoms with E-state index in [1.807, 2.05) is 0 Å². The van der Waals surface area contributed by atoms with Crippen LogP contribution in [0.15, 0.2) is 0 Å². The third kappa shape index (κ3) is 2.18. The maximum atomic E-state index is 11.1. The third-order valence-corrected chi connectivity index (χ3v) is 4.33. The average Bonchev–Trinajstić information content (AvgIpc) is 2.34. The summed E-state index contributed by atoms with van der Waals surface area (Å²) in [4.78, 5) is 0. The highest BCUT2D eigenvalue weighted by molar-refractivity contribution is 7.91. The van der Waals surface area contributed by atoms with Crippen LogP contribution in [0, 0.1) is 11.8 Å². The second-order valence-corrected chi connectivity index (χ2v) is 5.62. The molecule has 0 aromatic carbocycles. The Bertz CT molecular complexity index is 234. The van der Waals surface area contributed by atoms with Crippen molar-refractivity contribution in [2.75, 3.05) is 24.6 Å². The van der Waals surface area contributed by atoms with Crippen LogP contribution in [-0.2, 0) is 9.84 Å². The first-order chi connectivity index (χ1) is 5.59. The zero-order chi connectivity index (χ0) is 9.19. The molecule has 1 rings (SSSR count). The van der Waals surface area contributed by atoms with Crippen molar-refractivity contribution in [1.29, 1.82) is 0 Å². The van der Waals surface area contributed by atoms with Crippen molar-refractivity contribution >= 4 is 9.84 Å². The Morgan fingerprint density at radius 1 is 1.33 bits per heavy atom. The first-order valence-corrected chi connectivity index (χ1v) is 6.01. The highest BCUT2D eigenvalue weighted by Gasteiger charge is 2.32. The number of hydrogen-bond donors (Lipinski definition) is 2. The molecule has 0 aromatic heterocycles. The fourth-order valence-electron chi connectivity index (χ4n) is 1.68. The van der Waals surface area contributed by atoms with E-state index in [0.717, 1.165) is 6.42 Å². The fourth-order valence-corrected chi connectivity index (χ4v) is 3.60. The smallest absolute Gasteiger partial charge is 0.150 e. The van der Waals surface area contributed by atoms with Gasteiger partial charge < -0.3 is 11.5 Å². The van der Waals surface area contributed by atoms with Crippen molar-refractivity contribution in [2.24, 2.45) is 23.3 Å². The summed E-state index contributed by atoms with van der Waals surface area (Å²) in [6.45, 7) is 0.993. The molecular weight excluding hydrogens is 176 g/mol. The van der Waals surface area contributed by atoms with E-state index in [0.29, 0.717) is 18.8 Å². The minimum absolute atomic E-state index is 0.183. The summed E-state index contributed by atoms with van der Waals surface area (Å²) in [7, 11) is -2.77. The summed E-state index contributed by atoms with van der Waals surface area (Å²) in [6.07, 6.45) is 0.738. The lowest BCUT2D eigenvalue weighted by atomic mass is 9.92. The summed E-state index contributed by atoms with van der Waals surface area (Å²) in [5, 5.41) is 0. The van der Waals surface area contributed by atoms with Crippen LogP contribution in [0.25, 0.3) is 0 Å². The summed E-state index contributed by atoms with van der Waals surface area (Å²) in [6, 6.07) is 0. The SMILES string of the molecule is NCC(CN)C1CCS(=O)(=O)C1. The first kappa shape index (κ1) is 9.95. The molecule has 4 N–H and O–H groups in total. The highest BCUT2D eigenvalue weighted by Crippen LogP contribution is 2.24. The molecule has 1 saturated heterocycles. The quantitative estimate of drug-likeness (QED) is 0.597. The van der Waals surface area contributed by atoms with Crippen molar-refractivity contribution in [3.63, 3.8) is 0 Å². The van der Waals surface area contributed by atoms with Gasteiger partial charge in [-0.2, -0.15) is 0 Å². The number of sulfone groups is 1. The fraction of sp³-hybridized carbons (Fsp3) is 1.00. The monoisotopic (exact) mass is 192 g/mol. The molecule has 0 amide bonds. The van der Waals surface area contributed by atoms with Gasteiger partial charge in [0, 0.05) is 0 Å². The Hall–Kier alpha value is -0.130. The van der Waals surface area contributed by atoms with Crippen molar-refractivity contribution in [3.05, 3.63) is 0 Å². The first-order valence-electron chi connectivity index (χ1n) is 4.19. The molecule has 1 atom stereocenters. The lowest BCUT2D eigenvalue weighted by Crippen LogP contribution is -2.31. The van der Waals surface area contributed by atoms with Gasteiger partial charge in [0.1, 0.15) is 0 Å². The Morgan fingerprint density at radius 3 is 2.25 bits per heavy atom. The maximum absolute atomic E-state index is 11.1. The molecule has 1 unspecified atom stereocenters. The standard InChI is InChI=1S/C7H16N2O2S/c8-3-7(4-9)6-1-2-12(10,11)5-6/h6-7H,1-5,8-9H2. The van der Waals surface area contributed by atoms with Crippen molar-refractivity contribution in [1.82, 2.24) is 0 Å². The van der Waals surface area contributed by atoms with Gasteiger partial charge in [0.05, 0.1) is 11.5 Å². The van der Waals surface area contributed by atoms with Crippen LogP contribution in [0.4, 0.5) is 0 Å². The summed E-state index contributed by atoms with van der Waals surface area (Å²) >= 11 is 0. The zero-order valence-electron chi connectivity index (χ0n) is 7.07. The molecule has 1 aliphatic rings. The normalized spacial score (nSPS) is 28.1. The average molecular weight is 192 g/mol. The molecule has 0 bridgehead atoms. The zero-order valence-corrected chi connectivity index (χ0v) is 7.89. The lowest BCUT2D eigenvalue weighted by Gasteiger charge is -2.17. The number of nitrogens with two attached hydrogens (primary N) is 2. The van der Waals surface area contributed by atoms with Crippen molar-refractivity contribution in [2.45, 2.75) is 6.42 Å². The van der Waals surface area contributed by atoms with Crippen LogP contribution in [0.1, 0.15) is 6.42 Å². The van der Waals surface area contributed by atoms with E-state index in [-0.39, 0.29) is 17.6 Å². The second kappa shape index (κ2) is 3.72. The molecular formula is C7H16N2O2S. The van der Waals surface area contributed by atoms with Gasteiger partial charge in [0.25, 0.3) is 0 Å². The van der Waals surface area contributed by atoms with Gasteiger partial charge in [0.2, 0.25) is 0 Å². The summed E-state index contributed by atoms with van der Waals surface area (Å²) in [5.41, 5.74) is 11.0. The van der Waals surface area contributed by atoms with Crippen molar-refractivity contribution in [3.8, 4) is 0 Å². The minimum atomic E-state index is -2.77. The van der Waals surface area contributed by atoms with E-state index in [1.165, 1.54) is 0 Å².